The zero-order chi connectivity index (χ0) is 13.1. The lowest BCUT2D eigenvalue weighted by molar-refractivity contribution is 0.179. The number of hydrogen-bond donors (Lipinski definition) is 3. The maximum absolute atomic E-state index is 9.37. The summed E-state index contributed by atoms with van der Waals surface area (Å²) < 4.78 is 0. The van der Waals surface area contributed by atoms with Gasteiger partial charge in [-0.2, -0.15) is 0 Å². The molecule has 2 rings (SSSR count). The molecule has 2 unspecified atom stereocenters. The first-order valence-electron chi connectivity index (χ1n) is 6.60. The Morgan fingerprint density at radius 2 is 2.00 bits per heavy atom. The average Bonchev–Trinajstić information content (AvgIpc) is 3.10. The third kappa shape index (κ3) is 3.57. The minimum Gasteiger partial charge on any atom is -0.393 e. The van der Waals surface area contributed by atoms with E-state index in [2.05, 4.69) is 20.6 Å². The van der Waals surface area contributed by atoms with Gasteiger partial charge in [0, 0.05) is 25.1 Å². The third-order valence-electron chi connectivity index (χ3n) is 3.03. The van der Waals surface area contributed by atoms with Crippen molar-refractivity contribution in [1.82, 2.24) is 9.97 Å². The Morgan fingerprint density at radius 1 is 1.33 bits per heavy atom. The Kier molecular flexibility index (Phi) is 4.01. The van der Waals surface area contributed by atoms with Crippen LogP contribution >= 0.6 is 0 Å². The number of nitrogens with zero attached hydrogens (tertiary/aromatic N) is 2. The van der Waals surface area contributed by atoms with Crippen molar-refractivity contribution < 1.29 is 5.11 Å². The van der Waals surface area contributed by atoms with Crippen LogP contribution < -0.4 is 10.6 Å². The Hall–Kier alpha value is -1.36. The average molecular weight is 250 g/mol. The van der Waals surface area contributed by atoms with E-state index in [4.69, 9.17) is 0 Å². The van der Waals surface area contributed by atoms with Crippen molar-refractivity contribution in [1.29, 1.82) is 0 Å². The molecule has 1 saturated carbocycles. The normalized spacial score (nSPS) is 18.2. The molecule has 0 aliphatic heterocycles. The number of anilines is 2. The van der Waals surface area contributed by atoms with Crippen LogP contribution in [0.25, 0.3) is 0 Å². The van der Waals surface area contributed by atoms with Crippen LogP contribution in [0.3, 0.4) is 0 Å². The molecule has 1 aromatic heterocycles. The quantitative estimate of drug-likeness (QED) is 0.720. The van der Waals surface area contributed by atoms with Crippen molar-refractivity contribution in [3.63, 3.8) is 0 Å². The van der Waals surface area contributed by atoms with E-state index in [1.165, 1.54) is 12.8 Å². The van der Waals surface area contributed by atoms with Crippen molar-refractivity contribution in [3.05, 3.63) is 11.9 Å². The molecule has 0 spiro atoms. The van der Waals surface area contributed by atoms with Crippen LogP contribution in [0.15, 0.2) is 6.07 Å². The van der Waals surface area contributed by atoms with Gasteiger partial charge < -0.3 is 15.7 Å². The molecule has 0 radical (unpaired) electrons. The largest absolute Gasteiger partial charge is 0.393 e. The van der Waals surface area contributed by atoms with Gasteiger partial charge in [0.15, 0.2) is 0 Å². The monoisotopic (exact) mass is 250 g/mol. The minimum absolute atomic E-state index is 0.191. The fourth-order valence-electron chi connectivity index (χ4n) is 2.02. The maximum atomic E-state index is 9.37. The van der Waals surface area contributed by atoms with Crippen LogP contribution in [-0.4, -0.2) is 34.3 Å². The predicted molar refractivity (Wildman–Crippen MR) is 72.9 cm³/mol. The van der Waals surface area contributed by atoms with Gasteiger partial charge in [0.25, 0.3) is 0 Å². The van der Waals surface area contributed by atoms with Gasteiger partial charge in [0.1, 0.15) is 17.5 Å². The Morgan fingerprint density at radius 3 is 2.56 bits per heavy atom. The summed E-state index contributed by atoms with van der Waals surface area (Å²) in [6, 6.07) is 2.10. The number of aliphatic hydroxyl groups excluding tert-OH is 1. The lowest BCUT2D eigenvalue weighted by Gasteiger charge is -2.17. The molecule has 0 saturated heterocycles. The third-order valence-corrected chi connectivity index (χ3v) is 3.03. The van der Waals surface area contributed by atoms with E-state index in [1.807, 2.05) is 20.0 Å². The molecule has 3 N–H and O–H groups in total. The summed E-state index contributed by atoms with van der Waals surface area (Å²) in [6.45, 7) is 3.84. The Balaban J connectivity index is 2.08. The van der Waals surface area contributed by atoms with Gasteiger partial charge in [-0.3, -0.25) is 0 Å². The molecule has 100 valence electrons. The second-order valence-corrected chi connectivity index (χ2v) is 5.15. The minimum atomic E-state index is -0.305. The van der Waals surface area contributed by atoms with E-state index in [1.54, 1.807) is 6.92 Å². The predicted octanol–water partition coefficient (Wildman–Crippen LogP) is 1.97. The molecule has 1 heterocycles. The van der Waals surface area contributed by atoms with Crippen LogP contribution in [0.4, 0.5) is 11.6 Å². The molecular formula is C13H22N4O. The fraction of sp³-hybridized carbons (Fsp3) is 0.692. The summed E-state index contributed by atoms with van der Waals surface area (Å²) in [7, 11) is 1.86. The molecule has 1 fully saturated rings. The van der Waals surface area contributed by atoms with Crippen LogP contribution in [0.2, 0.25) is 0 Å². The highest BCUT2D eigenvalue weighted by Crippen LogP contribution is 2.38. The zero-order valence-corrected chi connectivity index (χ0v) is 11.3. The van der Waals surface area contributed by atoms with Gasteiger partial charge in [0.2, 0.25) is 0 Å². The lowest BCUT2D eigenvalue weighted by atomic mass is 10.1. The van der Waals surface area contributed by atoms with E-state index in [0.29, 0.717) is 12.3 Å². The van der Waals surface area contributed by atoms with Crippen LogP contribution in [0, 0.1) is 0 Å². The van der Waals surface area contributed by atoms with E-state index >= 15 is 0 Å². The van der Waals surface area contributed by atoms with Crippen LogP contribution in [-0.2, 0) is 0 Å². The molecule has 1 aromatic rings. The van der Waals surface area contributed by atoms with Gasteiger partial charge >= 0.3 is 0 Å². The molecule has 0 amide bonds. The molecule has 2 atom stereocenters. The first-order chi connectivity index (χ1) is 8.58. The molecule has 1 aliphatic rings. The van der Waals surface area contributed by atoms with E-state index < -0.39 is 0 Å². The smallest absolute Gasteiger partial charge is 0.136 e. The first kappa shape index (κ1) is 13.1. The molecule has 0 aromatic carbocycles. The van der Waals surface area contributed by atoms with Crippen LogP contribution in [0.1, 0.15) is 44.9 Å². The second-order valence-electron chi connectivity index (χ2n) is 5.15. The molecule has 0 bridgehead atoms. The molecule has 5 heteroatoms. The van der Waals surface area contributed by atoms with Crippen molar-refractivity contribution in [2.75, 3.05) is 17.7 Å². The van der Waals surface area contributed by atoms with Gasteiger partial charge in [-0.05, 0) is 33.1 Å². The second kappa shape index (κ2) is 5.52. The van der Waals surface area contributed by atoms with Crippen molar-refractivity contribution >= 4 is 11.6 Å². The zero-order valence-electron chi connectivity index (χ0n) is 11.3. The Labute approximate surface area is 108 Å². The van der Waals surface area contributed by atoms with Crippen LogP contribution in [0.5, 0.6) is 0 Å². The molecular weight excluding hydrogens is 228 g/mol. The van der Waals surface area contributed by atoms with Gasteiger partial charge in [-0.1, -0.05) is 0 Å². The summed E-state index contributed by atoms with van der Waals surface area (Å²) >= 11 is 0. The topological polar surface area (TPSA) is 70.1 Å². The highest BCUT2D eigenvalue weighted by molar-refractivity contribution is 5.48. The summed E-state index contributed by atoms with van der Waals surface area (Å²) in [5, 5.41) is 15.8. The van der Waals surface area contributed by atoms with Crippen molar-refractivity contribution in [3.8, 4) is 0 Å². The molecule has 18 heavy (non-hydrogen) atoms. The number of nitrogens with one attached hydrogen (secondary N) is 2. The van der Waals surface area contributed by atoms with Gasteiger partial charge in [-0.25, -0.2) is 9.97 Å². The fourth-order valence-corrected chi connectivity index (χ4v) is 2.02. The summed E-state index contributed by atoms with van der Waals surface area (Å²) in [6.07, 6.45) is 2.78. The van der Waals surface area contributed by atoms with Crippen molar-refractivity contribution in [2.45, 2.75) is 51.2 Å². The maximum Gasteiger partial charge on any atom is 0.136 e. The lowest BCUT2D eigenvalue weighted by Crippen LogP contribution is -2.21. The molecule has 1 aliphatic carbocycles. The van der Waals surface area contributed by atoms with Crippen molar-refractivity contribution in [2.24, 2.45) is 0 Å². The number of aromatic nitrogens is 2. The first-order valence-corrected chi connectivity index (χ1v) is 6.60. The van der Waals surface area contributed by atoms with E-state index in [0.717, 1.165) is 17.5 Å². The van der Waals surface area contributed by atoms with E-state index in [9.17, 15) is 5.11 Å². The summed E-state index contributed by atoms with van der Waals surface area (Å²) in [4.78, 5) is 9.02. The standard InChI is InChI=1S/C13H22N4O/c1-8(6-9(2)18)15-12-7-11(14-3)16-13(17-12)10-4-5-10/h7-10,18H,4-6H2,1-3H3,(H2,14,15,16,17). The summed E-state index contributed by atoms with van der Waals surface area (Å²) in [5.41, 5.74) is 0. The Bertz CT molecular complexity index is 404. The number of rotatable bonds is 6. The SMILES string of the molecule is CNc1cc(NC(C)CC(C)O)nc(C2CC2)n1. The number of aliphatic hydroxyl groups is 1. The molecule has 5 nitrogen and oxygen atoms in total. The van der Waals surface area contributed by atoms with E-state index in [-0.39, 0.29) is 12.1 Å². The van der Waals surface area contributed by atoms with Gasteiger partial charge in [-0.15, -0.1) is 0 Å². The summed E-state index contributed by atoms with van der Waals surface area (Å²) in [5.74, 6) is 3.14. The highest BCUT2D eigenvalue weighted by atomic mass is 16.3. The number of hydrogen-bond acceptors (Lipinski definition) is 5. The highest BCUT2D eigenvalue weighted by Gasteiger charge is 2.27. The van der Waals surface area contributed by atoms with Gasteiger partial charge in [0.05, 0.1) is 6.10 Å².